The fraction of sp³-hybridized carbons (Fsp3) is 0.348. The zero-order valence-electron chi connectivity index (χ0n) is 17.8. The van der Waals surface area contributed by atoms with Crippen LogP contribution in [0.25, 0.3) is 0 Å². The van der Waals surface area contributed by atoms with E-state index in [4.69, 9.17) is 0 Å². The summed E-state index contributed by atoms with van der Waals surface area (Å²) in [5.41, 5.74) is 6.83. The molecule has 164 valence electrons. The van der Waals surface area contributed by atoms with Crippen LogP contribution in [0.1, 0.15) is 47.4 Å². The summed E-state index contributed by atoms with van der Waals surface area (Å²) >= 11 is 1.30. The highest BCUT2D eigenvalue weighted by Gasteiger charge is 2.23. The van der Waals surface area contributed by atoms with Crippen LogP contribution in [0.3, 0.4) is 0 Å². The average molecular weight is 441 g/mol. The number of hydrogen-bond acceptors (Lipinski definition) is 5. The van der Waals surface area contributed by atoms with E-state index in [0.29, 0.717) is 22.1 Å². The fourth-order valence-electron chi connectivity index (χ4n) is 3.09. The zero-order chi connectivity index (χ0) is 22.2. The Morgan fingerprint density at radius 3 is 2.23 bits per heavy atom. The highest BCUT2D eigenvalue weighted by Crippen LogP contribution is 2.24. The Labute approximate surface area is 186 Å². The number of anilines is 1. The lowest BCUT2D eigenvalue weighted by atomic mass is 10.2. The van der Waals surface area contributed by atoms with Crippen molar-refractivity contribution >= 4 is 35.2 Å². The molecule has 1 aliphatic rings. The van der Waals surface area contributed by atoms with Crippen LogP contribution in [-0.2, 0) is 4.79 Å². The maximum atomic E-state index is 12.6. The molecule has 0 spiro atoms. The number of thioether (sulfide) groups is 1. The van der Waals surface area contributed by atoms with E-state index in [0.717, 1.165) is 31.6 Å². The summed E-state index contributed by atoms with van der Waals surface area (Å²) < 4.78 is 0. The van der Waals surface area contributed by atoms with Crippen LogP contribution in [0.4, 0.5) is 5.69 Å². The van der Waals surface area contributed by atoms with Crippen molar-refractivity contribution in [1.82, 2.24) is 16.2 Å². The van der Waals surface area contributed by atoms with E-state index in [2.05, 4.69) is 34.9 Å². The summed E-state index contributed by atoms with van der Waals surface area (Å²) in [5.74, 6) is -0.622. The Kier molecular flexibility index (Phi) is 7.94. The molecule has 1 saturated carbocycles. The predicted molar refractivity (Wildman–Crippen MR) is 123 cm³/mol. The molecule has 0 aliphatic heterocycles. The van der Waals surface area contributed by atoms with Crippen LogP contribution in [0.5, 0.6) is 0 Å². The summed E-state index contributed by atoms with van der Waals surface area (Å²) in [6.45, 7) is 5.93. The monoisotopic (exact) mass is 440 g/mol. The fourth-order valence-corrected chi connectivity index (χ4v) is 3.95. The highest BCUT2D eigenvalue weighted by molar-refractivity contribution is 8.00. The van der Waals surface area contributed by atoms with Gasteiger partial charge in [0.15, 0.2) is 0 Å². The number of hydrazine groups is 1. The van der Waals surface area contributed by atoms with Crippen molar-refractivity contribution in [1.29, 1.82) is 0 Å². The lowest BCUT2D eigenvalue weighted by molar-refractivity contribution is -0.118. The van der Waals surface area contributed by atoms with Crippen molar-refractivity contribution in [3.63, 3.8) is 0 Å². The summed E-state index contributed by atoms with van der Waals surface area (Å²) in [6.07, 6.45) is 2.07. The summed E-state index contributed by atoms with van der Waals surface area (Å²) in [6, 6.07) is 14.6. The molecule has 0 unspecified atom stereocenters. The second kappa shape index (κ2) is 10.9. The Morgan fingerprint density at radius 2 is 1.58 bits per heavy atom. The molecule has 3 amide bonds. The van der Waals surface area contributed by atoms with Crippen LogP contribution < -0.4 is 21.1 Å². The van der Waals surface area contributed by atoms with Gasteiger partial charge in [0.05, 0.1) is 11.3 Å². The highest BCUT2D eigenvalue weighted by atomic mass is 32.2. The predicted octanol–water partition coefficient (Wildman–Crippen LogP) is 2.98. The van der Waals surface area contributed by atoms with Crippen LogP contribution >= 0.6 is 11.8 Å². The summed E-state index contributed by atoms with van der Waals surface area (Å²) in [7, 11) is 0. The summed E-state index contributed by atoms with van der Waals surface area (Å²) in [4.78, 5) is 39.8. The molecule has 31 heavy (non-hydrogen) atoms. The lowest BCUT2D eigenvalue weighted by Gasteiger charge is -2.21. The zero-order valence-corrected chi connectivity index (χ0v) is 18.6. The van der Waals surface area contributed by atoms with Crippen LogP contribution in [0, 0.1) is 0 Å². The largest absolute Gasteiger partial charge is 0.372 e. The van der Waals surface area contributed by atoms with E-state index in [1.807, 2.05) is 18.2 Å². The second-order valence-corrected chi connectivity index (χ2v) is 8.27. The van der Waals surface area contributed by atoms with Gasteiger partial charge in [-0.1, -0.05) is 12.1 Å². The third-order valence-corrected chi connectivity index (χ3v) is 6.05. The molecule has 3 rings (SSSR count). The van der Waals surface area contributed by atoms with Gasteiger partial charge in [-0.15, -0.1) is 11.8 Å². The number of nitrogens with one attached hydrogen (secondary N) is 3. The van der Waals surface area contributed by atoms with Gasteiger partial charge in [0.2, 0.25) is 5.91 Å². The normalized spacial score (nSPS) is 12.7. The van der Waals surface area contributed by atoms with Crippen molar-refractivity contribution in [2.24, 2.45) is 0 Å². The van der Waals surface area contributed by atoms with Crippen LogP contribution in [0.2, 0.25) is 0 Å². The van der Waals surface area contributed by atoms with Gasteiger partial charge in [0.25, 0.3) is 11.8 Å². The van der Waals surface area contributed by atoms with Gasteiger partial charge in [0, 0.05) is 35.3 Å². The first kappa shape index (κ1) is 22.7. The van der Waals surface area contributed by atoms with Gasteiger partial charge in [-0.2, -0.15) is 0 Å². The molecule has 3 N–H and O–H groups in total. The van der Waals surface area contributed by atoms with E-state index in [1.54, 1.807) is 30.3 Å². The Morgan fingerprint density at radius 1 is 0.935 bits per heavy atom. The first-order valence-corrected chi connectivity index (χ1v) is 11.5. The Bertz CT molecular complexity index is 925. The second-order valence-electron chi connectivity index (χ2n) is 7.25. The SMILES string of the molecule is CCN(CC)c1ccc(C(=O)NNC(=O)c2ccccc2SCC(=O)NC2CC2)cc1. The van der Waals surface area contributed by atoms with Crippen LogP contribution in [0.15, 0.2) is 53.4 Å². The minimum Gasteiger partial charge on any atom is -0.372 e. The van der Waals surface area contributed by atoms with Gasteiger partial charge in [-0.05, 0) is 63.1 Å². The van der Waals surface area contributed by atoms with Gasteiger partial charge in [0.1, 0.15) is 0 Å². The third kappa shape index (κ3) is 6.49. The van der Waals surface area contributed by atoms with Gasteiger partial charge >= 0.3 is 0 Å². The molecule has 0 bridgehead atoms. The molecule has 0 saturated heterocycles. The van der Waals surface area contributed by atoms with Gasteiger partial charge in [-0.3, -0.25) is 25.2 Å². The molecule has 8 heteroatoms. The molecule has 2 aromatic carbocycles. The first-order valence-electron chi connectivity index (χ1n) is 10.5. The van der Waals surface area contributed by atoms with Crippen molar-refractivity contribution in [3.05, 3.63) is 59.7 Å². The average Bonchev–Trinajstić information content (AvgIpc) is 3.61. The minimum atomic E-state index is -0.432. The van der Waals surface area contributed by atoms with Gasteiger partial charge in [-0.25, -0.2) is 0 Å². The van der Waals surface area contributed by atoms with E-state index in [9.17, 15) is 14.4 Å². The molecule has 0 aromatic heterocycles. The number of carbonyl (C=O) groups is 3. The van der Waals surface area contributed by atoms with Crippen molar-refractivity contribution < 1.29 is 14.4 Å². The smallest absolute Gasteiger partial charge is 0.270 e. The standard InChI is InChI=1S/C23H28N4O3S/c1-3-27(4-2)18-13-9-16(10-14-18)22(29)25-26-23(30)19-7-5-6-8-20(19)31-15-21(28)24-17-11-12-17/h5-10,13-14,17H,3-4,11-12,15H2,1-2H3,(H,24,28)(H,25,29)(H,26,30). The number of rotatable bonds is 9. The molecule has 0 atom stereocenters. The molecule has 0 radical (unpaired) electrons. The maximum Gasteiger partial charge on any atom is 0.270 e. The van der Waals surface area contributed by atoms with E-state index in [1.165, 1.54) is 11.8 Å². The maximum absolute atomic E-state index is 12.6. The van der Waals surface area contributed by atoms with E-state index >= 15 is 0 Å². The lowest BCUT2D eigenvalue weighted by Crippen LogP contribution is -2.41. The number of carbonyl (C=O) groups excluding carboxylic acids is 3. The van der Waals surface area contributed by atoms with E-state index in [-0.39, 0.29) is 11.7 Å². The molecule has 2 aromatic rings. The quantitative estimate of drug-likeness (QED) is 0.412. The number of hydrogen-bond donors (Lipinski definition) is 3. The topological polar surface area (TPSA) is 90.5 Å². The molecule has 0 heterocycles. The van der Waals surface area contributed by atoms with Crippen LogP contribution in [-0.4, -0.2) is 42.6 Å². The number of benzene rings is 2. The number of amides is 3. The minimum absolute atomic E-state index is 0.0378. The van der Waals surface area contributed by atoms with Crippen molar-refractivity contribution in [2.75, 3.05) is 23.7 Å². The van der Waals surface area contributed by atoms with E-state index < -0.39 is 11.8 Å². The van der Waals surface area contributed by atoms with Crippen molar-refractivity contribution in [2.45, 2.75) is 37.6 Å². The molecule has 1 aliphatic carbocycles. The Balaban J connectivity index is 1.55. The molecule has 7 nitrogen and oxygen atoms in total. The Hall–Kier alpha value is -3.00. The molecule has 1 fully saturated rings. The number of nitrogens with zero attached hydrogens (tertiary/aromatic N) is 1. The first-order chi connectivity index (χ1) is 15.0. The summed E-state index contributed by atoms with van der Waals surface area (Å²) in [5, 5.41) is 2.93. The van der Waals surface area contributed by atoms with Gasteiger partial charge < -0.3 is 10.2 Å². The third-order valence-electron chi connectivity index (χ3n) is 4.98. The molecular weight excluding hydrogens is 412 g/mol. The molecular formula is C23H28N4O3S. The van der Waals surface area contributed by atoms with Crippen molar-refractivity contribution in [3.8, 4) is 0 Å².